The Balaban J connectivity index is 1.70. The van der Waals surface area contributed by atoms with Gasteiger partial charge in [0.25, 0.3) is 5.91 Å². The summed E-state index contributed by atoms with van der Waals surface area (Å²) in [7, 11) is 0. The van der Waals surface area contributed by atoms with Crippen molar-refractivity contribution in [3.05, 3.63) is 45.9 Å². The Hall–Kier alpha value is -2.44. The largest absolute Gasteiger partial charge is 0.484 e. The van der Waals surface area contributed by atoms with Crippen molar-refractivity contribution >= 4 is 40.6 Å². The molecule has 0 atom stereocenters. The molecule has 0 aliphatic carbocycles. The summed E-state index contributed by atoms with van der Waals surface area (Å²) in [5, 5.41) is 3.36. The van der Waals surface area contributed by atoms with Gasteiger partial charge in [-0.15, -0.1) is 0 Å². The van der Waals surface area contributed by atoms with Gasteiger partial charge in [0.05, 0.1) is 15.7 Å². The Morgan fingerprint density at radius 1 is 1.12 bits per heavy atom. The number of hydrogen-bond acceptors (Lipinski definition) is 5. The normalized spacial score (nSPS) is 12.0. The minimum absolute atomic E-state index is 0.0739. The monoisotopic (exact) mass is 381 g/mol. The van der Waals surface area contributed by atoms with Crippen LogP contribution >= 0.6 is 23.2 Å². The Kier molecular flexibility index (Phi) is 5.01. The van der Waals surface area contributed by atoms with Gasteiger partial charge >= 0.3 is 0 Å². The molecular weight excluding hydrogens is 369 g/mol. The van der Waals surface area contributed by atoms with Crippen LogP contribution in [0.25, 0.3) is 0 Å². The number of anilines is 1. The summed E-state index contributed by atoms with van der Waals surface area (Å²) in [6.07, 6.45) is 0. The average molecular weight is 382 g/mol. The van der Waals surface area contributed by atoms with Gasteiger partial charge in [-0.25, -0.2) is 0 Å². The maximum Gasteiger partial charge on any atom is 0.262 e. The number of benzene rings is 2. The van der Waals surface area contributed by atoms with Crippen LogP contribution in [0.15, 0.2) is 30.3 Å². The molecule has 1 amide bonds. The van der Waals surface area contributed by atoms with Crippen molar-refractivity contribution in [2.45, 2.75) is 6.92 Å². The molecule has 2 aromatic carbocycles. The summed E-state index contributed by atoms with van der Waals surface area (Å²) in [5.74, 6) is 0.689. The van der Waals surface area contributed by atoms with E-state index in [9.17, 15) is 9.59 Å². The number of carbonyl (C=O) groups excluding carboxylic acids is 2. The third-order valence-corrected chi connectivity index (χ3v) is 4.17. The lowest BCUT2D eigenvalue weighted by Gasteiger charge is -2.11. The fraction of sp³-hybridized carbons (Fsp3) is 0.176. The molecule has 1 heterocycles. The first kappa shape index (κ1) is 17.4. The van der Waals surface area contributed by atoms with Gasteiger partial charge in [-0.05, 0) is 25.1 Å². The van der Waals surface area contributed by atoms with Gasteiger partial charge in [-0.3, -0.25) is 9.59 Å². The molecule has 0 fully saturated rings. The highest BCUT2D eigenvalue weighted by Gasteiger charge is 2.20. The van der Waals surface area contributed by atoms with Crippen molar-refractivity contribution in [1.29, 1.82) is 0 Å². The lowest BCUT2D eigenvalue weighted by molar-refractivity contribution is -0.118. The van der Waals surface area contributed by atoms with E-state index < -0.39 is 5.91 Å². The van der Waals surface area contributed by atoms with E-state index in [1.807, 2.05) is 0 Å². The Bertz CT molecular complexity index is 853. The second-order valence-electron chi connectivity index (χ2n) is 5.22. The fourth-order valence-electron chi connectivity index (χ4n) is 2.24. The third-order valence-electron chi connectivity index (χ3n) is 3.43. The molecule has 0 saturated carbocycles. The molecular formula is C17H13Cl2NO5. The van der Waals surface area contributed by atoms with Crippen molar-refractivity contribution in [2.24, 2.45) is 0 Å². The maximum atomic E-state index is 12.1. The maximum absolute atomic E-state index is 12.1. The van der Waals surface area contributed by atoms with Crippen LogP contribution in [0.3, 0.4) is 0 Å². The number of ether oxygens (including phenoxy) is 3. The summed E-state index contributed by atoms with van der Waals surface area (Å²) in [6.45, 7) is 1.22. The van der Waals surface area contributed by atoms with E-state index in [-0.39, 0.29) is 19.2 Å². The van der Waals surface area contributed by atoms with Crippen LogP contribution in [0, 0.1) is 0 Å². The number of Topliss-reactive ketones (excluding diaryl/α,β-unsaturated/α-hetero) is 1. The zero-order valence-corrected chi connectivity index (χ0v) is 14.6. The Labute approximate surface area is 153 Å². The number of amides is 1. The van der Waals surface area contributed by atoms with E-state index in [1.54, 1.807) is 24.3 Å². The highest BCUT2D eigenvalue weighted by atomic mass is 35.5. The van der Waals surface area contributed by atoms with Crippen LogP contribution < -0.4 is 19.5 Å². The molecule has 25 heavy (non-hydrogen) atoms. The summed E-state index contributed by atoms with van der Waals surface area (Å²) >= 11 is 11.7. The molecule has 0 saturated heterocycles. The predicted octanol–water partition coefficient (Wildman–Crippen LogP) is 3.94. The van der Waals surface area contributed by atoms with Crippen molar-refractivity contribution in [2.75, 3.05) is 18.7 Å². The lowest BCUT2D eigenvalue weighted by atomic mass is 10.1. The molecule has 0 bridgehead atoms. The molecule has 0 unspecified atom stereocenters. The SMILES string of the molecule is CC(=O)c1cc2c(cc1NC(=O)COc1ccc(Cl)c(Cl)c1)OCO2. The van der Waals surface area contributed by atoms with E-state index in [0.717, 1.165) is 0 Å². The summed E-state index contributed by atoms with van der Waals surface area (Å²) < 4.78 is 15.9. The average Bonchev–Trinajstić information content (AvgIpc) is 3.02. The fourth-order valence-corrected chi connectivity index (χ4v) is 2.53. The van der Waals surface area contributed by atoms with Crippen LogP contribution in [0.1, 0.15) is 17.3 Å². The topological polar surface area (TPSA) is 73.9 Å². The molecule has 1 aliphatic rings. The molecule has 3 rings (SSSR count). The molecule has 0 aromatic heterocycles. The number of nitrogens with one attached hydrogen (secondary N) is 1. The molecule has 1 aliphatic heterocycles. The van der Waals surface area contributed by atoms with Crippen molar-refractivity contribution in [3.8, 4) is 17.2 Å². The van der Waals surface area contributed by atoms with Gasteiger partial charge in [-0.1, -0.05) is 23.2 Å². The van der Waals surface area contributed by atoms with E-state index in [4.69, 9.17) is 37.4 Å². The number of ketones is 1. The Morgan fingerprint density at radius 2 is 1.84 bits per heavy atom. The number of rotatable bonds is 5. The van der Waals surface area contributed by atoms with E-state index in [0.29, 0.717) is 38.5 Å². The van der Waals surface area contributed by atoms with Crippen LogP contribution in [0.5, 0.6) is 17.2 Å². The Morgan fingerprint density at radius 3 is 2.52 bits per heavy atom. The van der Waals surface area contributed by atoms with Gasteiger partial charge in [0, 0.05) is 17.7 Å². The van der Waals surface area contributed by atoms with E-state index in [2.05, 4.69) is 5.32 Å². The number of halogens is 2. The zero-order chi connectivity index (χ0) is 18.0. The predicted molar refractivity (Wildman–Crippen MR) is 93.2 cm³/mol. The van der Waals surface area contributed by atoms with Gasteiger partial charge in [0.1, 0.15) is 5.75 Å². The standard InChI is InChI=1S/C17H13Cl2NO5/c1-9(21)11-5-15-16(25-8-24-15)6-14(11)20-17(22)7-23-10-2-3-12(18)13(19)4-10/h2-6H,7-8H2,1H3,(H,20,22). The highest BCUT2D eigenvalue weighted by molar-refractivity contribution is 6.42. The summed E-state index contributed by atoms with van der Waals surface area (Å²) in [6, 6.07) is 7.78. The van der Waals surface area contributed by atoms with Gasteiger partial charge in [0.2, 0.25) is 6.79 Å². The molecule has 1 N–H and O–H groups in total. The first-order valence-electron chi connectivity index (χ1n) is 7.26. The van der Waals surface area contributed by atoms with Crippen molar-refractivity contribution in [1.82, 2.24) is 0 Å². The second-order valence-corrected chi connectivity index (χ2v) is 6.03. The van der Waals surface area contributed by atoms with Gasteiger partial charge in [0.15, 0.2) is 23.9 Å². The summed E-state index contributed by atoms with van der Waals surface area (Å²) in [4.78, 5) is 23.9. The van der Waals surface area contributed by atoms with Crippen LogP contribution in [-0.2, 0) is 4.79 Å². The third kappa shape index (κ3) is 3.97. The quantitative estimate of drug-likeness (QED) is 0.793. The second kappa shape index (κ2) is 7.21. The highest BCUT2D eigenvalue weighted by Crippen LogP contribution is 2.37. The van der Waals surface area contributed by atoms with E-state index >= 15 is 0 Å². The minimum Gasteiger partial charge on any atom is -0.484 e. The molecule has 2 aromatic rings. The first-order valence-corrected chi connectivity index (χ1v) is 8.02. The summed E-state index contributed by atoms with van der Waals surface area (Å²) in [5.41, 5.74) is 0.659. The number of hydrogen-bond donors (Lipinski definition) is 1. The van der Waals surface area contributed by atoms with Gasteiger partial charge in [-0.2, -0.15) is 0 Å². The van der Waals surface area contributed by atoms with E-state index in [1.165, 1.54) is 13.0 Å². The van der Waals surface area contributed by atoms with Crippen LogP contribution in [0.2, 0.25) is 10.0 Å². The smallest absolute Gasteiger partial charge is 0.262 e. The molecule has 0 radical (unpaired) electrons. The molecule has 6 nitrogen and oxygen atoms in total. The van der Waals surface area contributed by atoms with Crippen LogP contribution in [-0.4, -0.2) is 25.1 Å². The van der Waals surface area contributed by atoms with Gasteiger partial charge < -0.3 is 19.5 Å². The zero-order valence-electron chi connectivity index (χ0n) is 13.1. The van der Waals surface area contributed by atoms with Crippen molar-refractivity contribution < 1.29 is 23.8 Å². The molecule has 0 spiro atoms. The first-order chi connectivity index (χ1) is 11.9. The molecule has 8 heteroatoms. The lowest BCUT2D eigenvalue weighted by Crippen LogP contribution is -2.21. The molecule has 130 valence electrons. The van der Waals surface area contributed by atoms with Crippen LogP contribution in [0.4, 0.5) is 5.69 Å². The minimum atomic E-state index is -0.438. The number of fused-ring (bicyclic) bond motifs is 1. The van der Waals surface area contributed by atoms with Crippen molar-refractivity contribution in [3.63, 3.8) is 0 Å². The number of carbonyl (C=O) groups is 2.